The molecule has 2 bridgehead atoms. The minimum Gasteiger partial charge on any atom is -0.493 e. The van der Waals surface area contributed by atoms with Crippen molar-refractivity contribution in [1.82, 2.24) is 9.80 Å². The normalized spacial score (nSPS) is 29.3. The second-order valence-electron chi connectivity index (χ2n) is 16.1. The Morgan fingerprint density at radius 3 is 2.47 bits per heavy atom. The lowest BCUT2D eigenvalue weighted by Crippen LogP contribution is -2.69. The standard InChI is InChI=1S/C43H62N2O4/c1-3-4-16-26-45(39(47)20-15-10-8-6-5-7-9-12-17-31-18-13-11-14-19-31)35-23-22-34-36-28-32-21-24-38(48-2)41-40(32)43(34,42(35)49-41)25-27-44(36)30-33-29-37(33)46/h11,13-14,18-19,21,24,33-37,42,46H,3-10,12,15-17,20,22-23,25-30H2,1-2H3/t33?,34-,35+,36+,37?,42-,43-/m0/s1. The van der Waals surface area contributed by atoms with Gasteiger partial charge in [0.1, 0.15) is 6.10 Å². The molecule has 2 aliphatic heterocycles. The van der Waals surface area contributed by atoms with Crippen LogP contribution < -0.4 is 9.47 Å². The van der Waals surface area contributed by atoms with Crippen LogP contribution in [0.2, 0.25) is 0 Å². The molecule has 5 aliphatic rings. The maximum absolute atomic E-state index is 14.2. The maximum atomic E-state index is 14.2. The number of unbranched alkanes of at least 4 members (excludes halogenated alkanes) is 9. The molecule has 0 aromatic heterocycles. The quantitative estimate of drug-likeness (QED) is 0.153. The van der Waals surface area contributed by atoms with Crippen LogP contribution in [0.5, 0.6) is 11.5 Å². The summed E-state index contributed by atoms with van der Waals surface area (Å²) in [5.41, 5.74) is 4.22. The Morgan fingerprint density at radius 2 is 1.73 bits per heavy atom. The summed E-state index contributed by atoms with van der Waals surface area (Å²) in [5, 5.41) is 10.2. The van der Waals surface area contributed by atoms with Crippen molar-refractivity contribution in [3.05, 3.63) is 59.2 Å². The number of hydrogen-bond acceptors (Lipinski definition) is 5. The molecule has 2 aromatic rings. The summed E-state index contributed by atoms with van der Waals surface area (Å²) < 4.78 is 13.1. The van der Waals surface area contributed by atoms with E-state index in [2.05, 4.69) is 59.2 Å². The van der Waals surface area contributed by atoms with Crippen LogP contribution in [0.3, 0.4) is 0 Å². The lowest BCUT2D eigenvalue weighted by molar-refractivity contribution is -0.143. The average Bonchev–Trinajstić information content (AvgIpc) is 3.70. The van der Waals surface area contributed by atoms with Crippen LogP contribution >= 0.6 is 0 Å². The van der Waals surface area contributed by atoms with Crippen molar-refractivity contribution in [3.63, 3.8) is 0 Å². The Kier molecular flexibility index (Phi) is 11.2. The van der Waals surface area contributed by atoms with E-state index in [1.54, 1.807) is 7.11 Å². The van der Waals surface area contributed by atoms with Gasteiger partial charge in [-0.3, -0.25) is 9.69 Å². The first-order valence-corrected chi connectivity index (χ1v) is 20.2. The molecule has 2 aromatic carbocycles. The summed E-state index contributed by atoms with van der Waals surface area (Å²) in [5.74, 6) is 3.11. The predicted molar refractivity (Wildman–Crippen MR) is 196 cm³/mol. The third-order valence-corrected chi connectivity index (χ3v) is 13.1. The van der Waals surface area contributed by atoms with Crippen molar-refractivity contribution in [2.75, 3.05) is 26.7 Å². The number of hydrogen-bond donors (Lipinski definition) is 1. The third kappa shape index (κ3) is 7.16. The van der Waals surface area contributed by atoms with Gasteiger partial charge in [-0.15, -0.1) is 0 Å². The number of ether oxygens (including phenoxy) is 2. The Morgan fingerprint density at radius 1 is 0.980 bits per heavy atom. The number of nitrogens with zero attached hydrogens (tertiary/aromatic N) is 2. The zero-order chi connectivity index (χ0) is 33.8. The van der Waals surface area contributed by atoms with Gasteiger partial charge in [0.05, 0.1) is 19.3 Å². The Bertz CT molecular complexity index is 1400. The van der Waals surface area contributed by atoms with Crippen molar-refractivity contribution in [2.45, 2.75) is 152 Å². The molecular formula is C43H62N2O4. The van der Waals surface area contributed by atoms with E-state index < -0.39 is 0 Å². The smallest absolute Gasteiger partial charge is 0.222 e. The second-order valence-corrected chi connectivity index (χ2v) is 16.1. The fourth-order valence-electron chi connectivity index (χ4n) is 10.5. The van der Waals surface area contributed by atoms with E-state index in [0.29, 0.717) is 30.2 Å². The summed E-state index contributed by atoms with van der Waals surface area (Å²) >= 11 is 0. The van der Waals surface area contributed by atoms with Gasteiger partial charge >= 0.3 is 0 Å². The van der Waals surface area contributed by atoms with Gasteiger partial charge in [-0.2, -0.15) is 0 Å². The van der Waals surface area contributed by atoms with E-state index in [1.807, 2.05) is 0 Å². The van der Waals surface area contributed by atoms with Crippen LogP contribution in [0.15, 0.2) is 42.5 Å². The van der Waals surface area contributed by atoms with Crippen LogP contribution in [-0.2, 0) is 23.1 Å². The second kappa shape index (κ2) is 15.8. The molecule has 1 spiro atoms. The molecule has 1 amide bonds. The van der Waals surface area contributed by atoms with E-state index in [1.165, 1.54) is 61.6 Å². The van der Waals surface area contributed by atoms with Gasteiger partial charge in [0, 0.05) is 42.4 Å². The number of likely N-dealkylation sites (tertiary alicyclic amines) is 1. The largest absolute Gasteiger partial charge is 0.493 e. The monoisotopic (exact) mass is 670 g/mol. The van der Waals surface area contributed by atoms with Gasteiger partial charge in [0.15, 0.2) is 11.5 Å². The van der Waals surface area contributed by atoms with E-state index in [-0.39, 0.29) is 23.7 Å². The van der Waals surface area contributed by atoms with E-state index in [4.69, 9.17) is 9.47 Å². The summed E-state index contributed by atoms with van der Waals surface area (Å²) in [7, 11) is 1.76. The number of rotatable bonds is 19. The topological polar surface area (TPSA) is 62.2 Å². The van der Waals surface area contributed by atoms with Crippen LogP contribution in [-0.4, -0.2) is 71.8 Å². The highest BCUT2D eigenvalue weighted by Crippen LogP contribution is 2.64. The van der Waals surface area contributed by atoms with Crippen LogP contribution in [0.1, 0.15) is 126 Å². The fraction of sp³-hybridized carbons (Fsp3) is 0.698. The highest BCUT2D eigenvalue weighted by molar-refractivity contribution is 5.77. The molecule has 0 radical (unpaired) electrons. The average molecular weight is 671 g/mol. The molecule has 1 N–H and O–H groups in total. The molecule has 7 rings (SSSR count). The number of benzene rings is 2. The number of methoxy groups -OCH3 is 1. The van der Waals surface area contributed by atoms with Crippen LogP contribution in [0, 0.1) is 11.8 Å². The first-order chi connectivity index (χ1) is 24.0. The van der Waals surface area contributed by atoms with Gasteiger partial charge in [0.2, 0.25) is 5.91 Å². The number of aliphatic hydroxyl groups excluding tert-OH is 1. The van der Waals surface area contributed by atoms with Gasteiger partial charge in [-0.25, -0.2) is 0 Å². The summed E-state index contributed by atoms with van der Waals surface area (Å²) in [6, 6.07) is 15.8. The molecule has 268 valence electrons. The molecule has 1 saturated heterocycles. The highest BCUT2D eigenvalue weighted by atomic mass is 16.5. The predicted octanol–water partition coefficient (Wildman–Crippen LogP) is 8.26. The third-order valence-electron chi connectivity index (χ3n) is 13.1. The van der Waals surface area contributed by atoms with E-state index in [0.717, 1.165) is 95.3 Å². The zero-order valence-corrected chi connectivity index (χ0v) is 30.4. The number of aryl methyl sites for hydroxylation is 1. The Hall–Kier alpha value is -2.57. The molecule has 2 saturated carbocycles. The van der Waals surface area contributed by atoms with Crippen molar-refractivity contribution in [2.24, 2.45) is 11.8 Å². The SMILES string of the molecule is CCCCCN(C(=O)CCCCCCCCCCc1ccccc1)[C@@H]1CC[C@H]2[C@H]3Cc4ccc(OC)c5c4[C@@]2(CCN3CC2CC2O)[C@H]1O5. The van der Waals surface area contributed by atoms with Crippen LogP contribution in [0.25, 0.3) is 0 Å². The molecule has 2 heterocycles. The van der Waals surface area contributed by atoms with Gasteiger partial charge in [-0.1, -0.05) is 94.7 Å². The first-order valence-electron chi connectivity index (χ1n) is 20.2. The number of carbonyl (C=O) groups excluding carboxylic acids is 1. The number of aliphatic hydroxyl groups is 1. The number of piperidine rings is 1. The van der Waals surface area contributed by atoms with Gasteiger partial charge < -0.3 is 19.5 Å². The number of amides is 1. The lowest BCUT2D eigenvalue weighted by Gasteiger charge is -2.60. The minimum atomic E-state index is -0.112. The van der Waals surface area contributed by atoms with E-state index in [9.17, 15) is 9.90 Å². The van der Waals surface area contributed by atoms with Gasteiger partial charge in [0.25, 0.3) is 0 Å². The summed E-state index contributed by atoms with van der Waals surface area (Å²) in [4.78, 5) is 19.2. The minimum absolute atomic E-state index is 0.0137. The van der Waals surface area contributed by atoms with Crippen molar-refractivity contribution in [3.8, 4) is 11.5 Å². The molecule has 6 heteroatoms. The highest BCUT2D eigenvalue weighted by Gasteiger charge is 2.67. The Balaban J connectivity index is 0.981. The summed E-state index contributed by atoms with van der Waals surface area (Å²) in [6.45, 7) is 5.16. The summed E-state index contributed by atoms with van der Waals surface area (Å²) in [6.07, 6.45) is 20.2. The van der Waals surface area contributed by atoms with E-state index >= 15 is 0 Å². The molecule has 2 unspecified atom stereocenters. The number of carbonyl (C=O) groups is 1. The molecule has 3 fully saturated rings. The molecule has 7 atom stereocenters. The molecule has 49 heavy (non-hydrogen) atoms. The van der Waals surface area contributed by atoms with Crippen molar-refractivity contribution >= 4 is 5.91 Å². The van der Waals surface area contributed by atoms with Crippen LogP contribution in [0.4, 0.5) is 0 Å². The molecule has 3 aliphatic carbocycles. The van der Waals surface area contributed by atoms with Gasteiger partial charge in [-0.05, 0) is 87.4 Å². The molecule has 6 nitrogen and oxygen atoms in total. The Labute approximate surface area is 295 Å². The maximum Gasteiger partial charge on any atom is 0.222 e. The lowest BCUT2D eigenvalue weighted by atomic mass is 9.51. The van der Waals surface area contributed by atoms with Crippen molar-refractivity contribution in [1.29, 1.82) is 0 Å². The zero-order valence-electron chi connectivity index (χ0n) is 30.4. The fourth-order valence-corrected chi connectivity index (χ4v) is 10.5. The molecular weight excluding hydrogens is 608 g/mol. The first kappa shape index (κ1) is 34.9. The van der Waals surface area contributed by atoms with Crippen molar-refractivity contribution < 1.29 is 19.4 Å².